The van der Waals surface area contributed by atoms with Crippen LogP contribution < -0.4 is 0 Å². The number of hydrogen-bond donors (Lipinski definition) is 1. The molecule has 0 radical (unpaired) electrons. The van der Waals surface area contributed by atoms with Crippen LogP contribution in [0.5, 0.6) is 0 Å². The van der Waals surface area contributed by atoms with Crippen molar-refractivity contribution in [3.8, 4) is 11.8 Å². The Bertz CT molecular complexity index is 630. The molecule has 2 rings (SSSR count). The predicted molar refractivity (Wildman–Crippen MR) is 65.8 cm³/mol. The van der Waals surface area contributed by atoms with Gasteiger partial charge in [0.2, 0.25) is 0 Å². The molecule has 2 heterocycles. The Morgan fingerprint density at radius 3 is 3.00 bits per heavy atom. The van der Waals surface area contributed by atoms with Crippen molar-refractivity contribution in [3.63, 3.8) is 0 Å². The number of nitrogens with zero attached hydrogens (tertiary/aromatic N) is 2. The summed E-state index contributed by atoms with van der Waals surface area (Å²) in [7, 11) is 1.84. The van der Waals surface area contributed by atoms with Crippen molar-refractivity contribution in [3.05, 3.63) is 45.4 Å². The van der Waals surface area contributed by atoms with Crippen LogP contribution in [0.1, 0.15) is 11.3 Å². The summed E-state index contributed by atoms with van der Waals surface area (Å²) in [4.78, 5) is 2.96. The topological polar surface area (TPSA) is 33.6 Å². The number of rotatable bonds is 0. The average Bonchev–Trinajstić information content (AvgIpc) is 2.67. The zero-order valence-electron chi connectivity index (χ0n) is 8.49. The Morgan fingerprint density at radius 2 is 2.31 bits per heavy atom. The molecule has 0 saturated carbocycles. The number of halogens is 1. The Hall–Kier alpha value is -1.57. The minimum atomic E-state index is 0.480. The lowest BCUT2D eigenvalue weighted by Crippen LogP contribution is -1.84. The molecule has 80 valence electrons. The fraction of sp³-hybridized carbons (Fsp3) is 0.0909. The third-order valence-corrected chi connectivity index (χ3v) is 2.78. The maximum Gasteiger partial charge on any atom is 0.110 e. The van der Waals surface area contributed by atoms with E-state index < -0.39 is 0 Å². The van der Waals surface area contributed by atoms with Gasteiger partial charge in [0.15, 0.2) is 0 Å². The van der Waals surface area contributed by atoms with Gasteiger partial charge in [-0.05, 0) is 12.0 Å². The molecule has 16 heavy (non-hydrogen) atoms. The van der Waals surface area contributed by atoms with Crippen molar-refractivity contribution in [1.29, 1.82) is 0 Å². The standard InChI is InChI=1S/C11H8ClN3S/c1-15-7-8(6-14-15)2-3-9-11(12)10(16)4-5-13-9/h4-7H,1H3,(H,13,16). The molecule has 0 aliphatic heterocycles. The molecule has 0 spiro atoms. The van der Waals surface area contributed by atoms with E-state index in [9.17, 15) is 0 Å². The highest BCUT2D eigenvalue weighted by Crippen LogP contribution is 2.13. The van der Waals surface area contributed by atoms with Crippen molar-refractivity contribution >= 4 is 23.8 Å². The minimum Gasteiger partial charge on any atom is -0.354 e. The van der Waals surface area contributed by atoms with E-state index in [0.29, 0.717) is 15.2 Å². The van der Waals surface area contributed by atoms with Crippen LogP contribution in [-0.4, -0.2) is 14.8 Å². The Kier molecular flexibility index (Phi) is 3.09. The lowest BCUT2D eigenvalue weighted by atomic mass is 10.3. The molecular formula is C11H8ClN3S. The van der Waals surface area contributed by atoms with Crippen molar-refractivity contribution in [1.82, 2.24) is 14.8 Å². The van der Waals surface area contributed by atoms with E-state index in [-0.39, 0.29) is 0 Å². The molecule has 0 fully saturated rings. The summed E-state index contributed by atoms with van der Waals surface area (Å²) < 4.78 is 2.29. The Morgan fingerprint density at radius 1 is 1.50 bits per heavy atom. The average molecular weight is 250 g/mol. The number of hydrogen-bond acceptors (Lipinski definition) is 2. The maximum atomic E-state index is 6.01. The van der Waals surface area contributed by atoms with Crippen molar-refractivity contribution in [2.75, 3.05) is 0 Å². The van der Waals surface area contributed by atoms with Crippen molar-refractivity contribution < 1.29 is 0 Å². The summed E-state index contributed by atoms with van der Waals surface area (Å²) in [6, 6.07) is 1.73. The number of pyridine rings is 1. The quantitative estimate of drug-likeness (QED) is 0.575. The molecule has 0 atom stereocenters. The van der Waals surface area contributed by atoms with Crippen LogP contribution in [0.15, 0.2) is 24.7 Å². The van der Waals surface area contributed by atoms with Gasteiger partial charge in [-0.1, -0.05) is 29.7 Å². The van der Waals surface area contributed by atoms with E-state index in [2.05, 4.69) is 21.9 Å². The van der Waals surface area contributed by atoms with Crippen LogP contribution in [0.25, 0.3) is 0 Å². The third kappa shape index (κ3) is 2.32. The van der Waals surface area contributed by atoms with E-state index in [1.807, 2.05) is 13.2 Å². The number of nitrogens with one attached hydrogen (secondary N) is 1. The second-order valence-corrected chi connectivity index (χ2v) is 4.00. The molecule has 0 aromatic carbocycles. The van der Waals surface area contributed by atoms with Crippen molar-refractivity contribution in [2.45, 2.75) is 0 Å². The van der Waals surface area contributed by atoms with E-state index in [1.54, 1.807) is 23.1 Å². The molecule has 2 aromatic rings. The first kappa shape index (κ1) is 10.9. The van der Waals surface area contributed by atoms with Crippen LogP contribution in [0.3, 0.4) is 0 Å². The molecular weight excluding hydrogens is 242 g/mol. The summed E-state index contributed by atoms with van der Waals surface area (Å²) in [5.74, 6) is 5.88. The molecule has 2 aromatic heterocycles. The summed E-state index contributed by atoms with van der Waals surface area (Å²) in [6.45, 7) is 0. The fourth-order valence-electron chi connectivity index (χ4n) is 1.17. The monoisotopic (exact) mass is 249 g/mol. The molecule has 1 N–H and O–H groups in total. The van der Waals surface area contributed by atoms with E-state index in [1.165, 1.54) is 0 Å². The summed E-state index contributed by atoms with van der Waals surface area (Å²) in [5.41, 5.74) is 1.46. The van der Waals surface area contributed by atoms with E-state index in [0.717, 1.165) is 5.56 Å². The Balaban J connectivity index is 2.38. The summed E-state index contributed by atoms with van der Waals surface area (Å²) in [6.07, 6.45) is 5.25. The maximum absolute atomic E-state index is 6.01. The van der Waals surface area contributed by atoms with Gasteiger partial charge in [-0.15, -0.1) is 0 Å². The number of aromatic nitrogens is 3. The molecule has 3 nitrogen and oxygen atoms in total. The Labute approximate surface area is 103 Å². The van der Waals surface area contributed by atoms with Crippen LogP contribution in [0, 0.1) is 16.4 Å². The van der Waals surface area contributed by atoms with Crippen molar-refractivity contribution in [2.24, 2.45) is 7.05 Å². The van der Waals surface area contributed by atoms with Crippen LogP contribution in [-0.2, 0) is 7.05 Å². The normalized spacial score (nSPS) is 9.62. The van der Waals surface area contributed by atoms with Gasteiger partial charge in [0.1, 0.15) is 5.69 Å². The number of H-pyrrole nitrogens is 1. The fourth-order valence-corrected chi connectivity index (χ4v) is 1.51. The molecule has 0 aliphatic rings. The van der Waals surface area contributed by atoms with Crippen LogP contribution in [0.2, 0.25) is 5.02 Å². The highest BCUT2D eigenvalue weighted by Gasteiger charge is 1.97. The summed E-state index contributed by atoms with van der Waals surface area (Å²) in [5, 5.41) is 4.50. The first-order chi connectivity index (χ1) is 7.66. The molecule has 0 aliphatic carbocycles. The zero-order chi connectivity index (χ0) is 11.5. The van der Waals surface area contributed by atoms with Gasteiger partial charge in [-0.2, -0.15) is 5.10 Å². The van der Waals surface area contributed by atoms with Gasteiger partial charge in [0, 0.05) is 19.4 Å². The van der Waals surface area contributed by atoms with Gasteiger partial charge in [-0.25, -0.2) is 0 Å². The van der Waals surface area contributed by atoms with E-state index >= 15 is 0 Å². The number of aromatic amines is 1. The van der Waals surface area contributed by atoms with Gasteiger partial charge >= 0.3 is 0 Å². The number of aryl methyl sites for hydroxylation is 1. The molecule has 0 bridgehead atoms. The summed E-state index contributed by atoms with van der Waals surface area (Å²) >= 11 is 11.0. The third-order valence-electron chi connectivity index (χ3n) is 1.93. The lowest BCUT2D eigenvalue weighted by Gasteiger charge is -1.94. The minimum absolute atomic E-state index is 0.480. The largest absolute Gasteiger partial charge is 0.354 e. The first-order valence-corrected chi connectivity index (χ1v) is 5.33. The zero-order valence-corrected chi connectivity index (χ0v) is 10.1. The van der Waals surface area contributed by atoms with Gasteiger partial charge in [0.05, 0.1) is 21.3 Å². The SMILES string of the molecule is Cn1cc(C#Cc2[nH]ccc(=S)c2Cl)cn1. The van der Waals surface area contributed by atoms with E-state index in [4.69, 9.17) is 23.8 Å². The lowest BCUT2D eigenvalue weighted by molar-refractivity contribution is 0.767. The van der Waals surface area contributed by atoms with Crippen LogP contribution in [0.4, 0.5) is 0 Å². The second-order valence-electron chi connectivity index (χ2n) is 3.18. The first-order valence-electron chi connectivity index (χ1n) is 4.54. The smallest absolute Gasteiger partial charge is 0.110 e. The highest BCUT2D eigenvalue weighted by atomic mass is 35.5. The molecule has 0 amide bonds. The van der Waals surface area contributed by atoms with Crippen LogP contribution >= 0.6 is 23.8 Å². The molecule has 0 unspecified atom stereocenters. The second kappa shape index (κ2) is 4.52. The highest BCUT2D eigenvalue weighted by molar-refractivity contribution is 7.71. The predicted octanol–water partition coefficient (Wildman–Crippen LogP) is 2.53. The van der Waals surface area contributed by atoms with Gasteiger partial charge in [0.25, 0.3) is 0 Å². The van der Waals surface area contributed by atoms with Gasteiger partial charge < -0.3 is 4.98 Å². The molecule has 5 heteroatoms. The van der Waals surface area contributed by atoms with Gasteiger partial charge in [-0.3, -0.25) is 4.68 Å². The molecule has 0 saturated heterocycles.